The fourth-order valence-electron chi connectivity index (χ4n) is 3.62. The van der Waals surface area contributed by atoms with Crippen LogP contribution >= 0.6 is 0 Å². The minimum absolute atomic E-state index is 0.271. The summed E-state index contributed by atoms with van der Waals surface area (Å²) in [6.45, 7) is 6.73. The van der Waals surface area contributed by atoms with E-state index in [1.54, 1.807) is 18.2 Å². The predicted molar refractivity (Wildman–Crippen MR) is 112 cm³/mol. The number of nitrogens with one attached hydrogen (secondary N) is 1. The Bertz CT molecular complexity index is 966. The van der Waals surface area contributed by atoms with Gasteiger partial charge in [-0.15, -0.1) is 0 Å². The summed E-state index contributed by atoms with van der Waals surface area (Å²) in [5.41, 5.74) is 2.02. The number of rotatable bonds is 2. The van der Waals surface area contributed by atoms with Crippen LogP contribution in [0.5, 0.6) is 11.5 Å². The van der Waals surface area contributed by atoms with Crippen LogP contribution in [0.4, 0.5) is 10.5 Å². The first kappa shape index (κ1) is 20.1. The molecule has 2 aliphatic rings. The van der Waals surface area contributed by atoms with Gasteiger partial charge in [0.05, 0.1) is 6.54 Å². The predicted octanol–water partition coefficient (Wildman–Crippen LogP) is 3.76. The van der Waals surface area contributed by atoms with Crippen molar-refractivity contribution in [2.75, 3.05) is 18.5 Å². The van der Waals surface area contributed by atoms with Crippen molar-refractivity contribution in [1.29, 1.82) is 0 Å². The van der Waals surface area contributed by atoms with Crippen LogP contribution in [0.15, 0.2) is 42.5 Å². The second-order valence-electron chi connectivity index (χ2n) is 8.44. The molecule has 0 bridgehead atoms. The molecule has 0 fully saturated rings. The zero-order chi connectivity index (χ0) is 21.3. The van der Waals surface area contributed by atoms with E-state index >= 15 is 0 Å². The average Bonchev–Trinajstić information content (AvgIpc) is 2.71. The van der Waals surface area contributed by atoms with Crippen molar-refractivity contribution in [1.82, 2.24) is 4.90 Å². The van der Waals surface area contributed by atoms with Crippen LogP contribution in [0.2, 0.25) is 0 Å². The van der Waals surface area contributed by atoms with Gasteiger partial charge in [-0.3, -0.25) is 9.69 Å². The Morgan fingerprint density at radius 3 is 2.47 bits per heavy atom. The van der Waals surface area contributed by atoms with E-state index in [0.29, 0.717) is 43.4 Å². The third-order valence-corrected chi connectivity index (χ3v) is 4.99. The molecule has 0 aromatic heterocycles. The average molecular weight is 410 g/mol. The molecule has 7 heteroatoms. The fourth-order valence-corrected chi connectivity index (χ4v) is 3.62. The highest BCUT2D eigenvalue weighted by Gasteiger charge is 2.37. The molecule has 1 atom stereocenters. The molecule has 0 aliphatic carbocycles. The van der Waals surface area contributed by atoms with Gasteiger partial charge in [-0.2, -0.15) is 0 Å². The van der Waals surface area contributed by atoms with E-state index in [1.807, 2.05) is 45.0 Å². The van der Waals surface area contributed by atoms with Gasteiger partial charge in [0, 0.05) is 18.2 Å². The Morgan fingerprint density at radius 1 is 1.03 bits per heavy atom. The SMILES string of the molecule is CC(C)(C)OC(=O)N1Cc2ccccc2C[C@H]1C(=O)Nc1ccc2c(c1)OCCO2. The summed E-state index contributed by atoms with van der Waals surface area (Å²) in [5, 5.41) is 2.92. The Hall–Kier alpha value is -3.22. The molecule has 2 aliphatic heterocycles. The summed E-state index contributed by atoms with van der Waals surface area (Å²) in [5.74, 6) is 0.977. The second kappa shape index (κ2) is 7.89. The van der Waals surface area contributed by atoms with E-state index in [2.05, 4.69) is 5.32 Å². The molecule has 0 saturated heterocycles. The normalized spacial score (nSPS) is 17.7. The molecule has 2 heterocycles. The minimum Gasteiger partial charge on any atom is -0.486 e. The van der Waals surface area contributed by atoms with E-state index in [0.717, 1.165) is 11.1 Å². The number of hydrogen-bond donors (Lipinski definition) is 1. The lowest BCUT2D eigenvalue weighted by Crippen LogP contribution is -2.52. The third-order valence-electron chi connectivity index (χ3n) is 4.99. The molecule has 2 aromatic rings. The fraction of sp³-hybridized carbons (Fsp3) is 0.391. The Labute approximate surface area is 175 Å². The molecule has 1 N–H and O–H groups in total. The molecule has 4 rings (SSSR count). The van der Waals surface area contributed by atoms with Gasteiger partial charge in [0.25, 0.3) is 0 Å². The largest absolute Gasteiger partial charge is 0.486 e. The number of amides is 2. The van der Waals surface area contributed by atoms with E-state index in [1.165, 1.54) is 4.90 Å². The van der Waals surface area contributed by atoms with Crippen LogP contribution in [0, 0.1) is 0 Å². The lowest BCUT2D eigenvalue weighted by molar-refractivity contribution is -0.121. The highest BCUT2D eigenvalue weighted by molar-refractivity contribution is 5.97. The lowest BCUT2D eigenvalue weighted by Gasteiger charge is -2.36. The van der Waals surface area contributed by atoms with Gasteiger partial charge in [0.2, 0.25) is 5.91 Å². The van der Waals surface area contributed by atoms with E-state index in [9.17, 15) is 9.59 Å². The van der Waals surface area contributed by atoms with Crippen LogP contribution in [0.1, 0.15) is 31.9 Å². The van der Waals surface area contributed by atoms with Crippen LogP contribution in [-0.2, 0) is 22.5 Å². The summed E-state index contributed by atoms with van der Waals surface area (Å²) in [4.78, 5) is 27.6. The number of benzene rings is 2. The van der Waals surface area contributed by atoms with Crippen LogP contribution in [0.25, 0.3) is 0 Å². The third kappa shape index (κ3) is 4.35. The molecule has 7 nitrogen and oxygen atoms in total. The van der Waals surface area contributed by atoms with E-state index in [-0.39, 0.29) is 5.91 Å². The number of hydrogen-bond acceptors (Lipinski definition) is 5. The van der Waals surface area contributed by atoms with Gasteiger partial charge in [-0.25, -0.2) is 4.79 Å². The van der Waals surface area contributed by atoms with Crippen molar-refractivity contribution in [2.45, 2.75) is 45.4 Å². The number of anilines is 1. The lowest BCUT2D eigenvalue weighted by atomic mass is 9.93. The van der Waals surface area contributed by atoms with Crippen molar-refractivity contribution >= 4 is 17.7 Å². The molecule has 158 valence electrons. The van der Waals surface area contributed by atoms with Crippen molar-refractivity contribution in [3.8, 4) is 11.5 Å². The van der Waals surface area contributed by atoms with Gasteiger partial charge in [0.1, 0.15) is 24.9 Å². The minimum atomic E-state index is -0.678. The maximum atomic E-state index is 13.2. The molecule has 2 amide bonds. The maximum absolute atomic E-state index is 13.2. The van der Waals surface area contributed by atoms with E-state index in [4.69, 9.17) is 14.2 Å². The number of nitrogens with zero attached hydrogens (tertiary/aromatic N) is 1. The highest BCUT2D eigenvalue weighted by atomic mass is 16.6. The van der Waals surface area contributed by atoms with Gasteiger partial charge >= 0.3 is 6.09 Å². The van der Waals surface area contributed by atoms with Gasteiger partial charge < -0.3 is 19.5 Å². The quantitative estimate of drug-likeness (QED) is 0.816. The molecule has 0 unspecified atom stereocenters. The van der Waals surface area contributed by atoms with Crippen LogP contribution in [-0.4, -0.2) is 41.8 Å². The Morgan fingerprint density at radius 2 is 1.73 bits per heavy atom. The van der Waals surface area contributed by atoms with Gasteiger partial charge in [-0.05, 0) is 44.0 Å². The first-order valence-electron chi connectivity index (χ1n) is 10.1. The van der Waals surface area contributed by atoms with Crippen molar-refractivity contribution < 1.29 is 23.8 Å². The zero-order valence-electron chi connectivity index (χ0n) is 17.4. The maximum Gasteiger partial charge on any atom is 0.411 e. The van der Waals surface area contributed by atoms with Crippen LogP contribution < -0.4 is 14.8 Å². The Kier molecular flexibility index (Phi) is 5.28. The zero-order valence-corrected chi connectivity index (χ0v) is 17.4. The van der Waals surface area contributed by atoms with Gasteiger partial charge in [-0.1, -0.05) is 24.3 Å². The molecule has 0 radical (unpaired) electrons. The van der Waals surface area contributed by atoms with Crippen molar-refractivity contribution in [3.05, 3.63) is 53.6 Å². The number of ether oxygens (including phenoxy) is 3. The molecule has 0 saturated carbocycles. The molecular weight excluding hydrogens is 384 g/mol. The first-order valence-corrected chi connectivity index (χ1v) is 10.1. The molecule has 30 heavy (non-hydrogen) atoms. The highest BCUT2D eigenvalue weighted by Crippen LogP contribution is 2.33. The molecule has 2 aromatic carbocycles. The number of carbonyl (C=O) groups is 2. The summed E-state index contributed by atoms with van der Waals surface area (Å²) in [7, 11) is 0. The summed E-state index contributed by atoms with van der Waals surface area (Å²) >= 11 is 0. The van der Waals surface area contributed by atoms with Crippen molar-refractivity contribution in [2.24, 2.45) is 0 Å². The number of fused-ring (bicyclic) bond motifs is 2. The van der Waals surface area contributed by atoms with E-state index < -0.39 is 17.7 Å². The summed E-state index contributed by atoms with van der Waals surface area (Å²) in [6, 6.07) is 12.4. The standard InChI is InChI=1S/C23H26N2O5/c1-23(2,3)30-22(27)25-14-16-7-5-4-6-15(16)12-18(25)21(26)24-17-8-9-19-20(13-17)29-11-10-28-19/h4-9,13,18H,10-12,14H2,1-3H3,(H,24,26)/t18-/m0/s1. The van der Waals surface area contributed by atoms with Crippen LogP contribution in [0.3, 0.4) is 0 Å². The molecule has 0 spiro atoms. The summed E-state index contributed by atoms with van der Waals surface area (Å²) < 4.78 is 16.7. The monoisotopic (exact) mass is 410 g/mol. The van der Waals surface area contributed by atoms with Gasteiger partial charge in [0.15, 0.2) is 11.5 Å². The Balaban J connectivity index is 1.57. The smallest absolute Gasteiger partial charge is 0.411 e. The topological polar surface area (TPSA) is 77.1 Å². The number of carbonyl (C=O) groups excluding carboxylic acids is 2. The molecular formula is C23H26N2O5. The first-order chi connectivity index (χ1) is 14.3. The summed E-state index contributed by atoms with van der Waals surface area (Å²) in [6.07, 6.45) is -0.0782. The van der Waals surface area contributed by atoms with Crippen molar-refractivity contribution in [3.63, 3.8) is 0 Å². The second-order valence-corrected chi connectivity index (χ2v) is 8.44.